The van der Waals surface area contributed by atoms with E-state index in [-0.39, 0.29) is 11.8 Å². The zero-order valence-electron chi connectivity index (χ0n) is 15.2. The van der Waals surface area contributed by atoms with E-state index in [9.17, 15) is 9.59 Å². The van der Waals surface area contributed by atoms with Crippen LogP contribution in [0.15, 0.2) is 18.2 Å². The second-order valence-corrected chi connectivity index (χ2v) is 6.83. The van der Waals surface area contributed by atoms with Gasteiger partial charge in [0, 0.05) is 32.6 Å². The lowest BCUT2D eigenvalue weighted by atomic mass is 10.1. The topological polar surface area (TPSA) is 49.9 Å². The molecule has 0 N–H and O–H groups in total. The van der Waals surface area contributed by atoms with Gasteiger partial charge in [0.2, 0.25) is 5.91 Å². The van der Waals surface area contributed by atoms with Crippen LogP contribution < -0.4 is 4.74 Å². The standard InChI is InChI=1S/C19H28N2O3/c1-14(2)12-18(22)20-8-5-9-21(11-10-20)19(23)16-13-15(3)6-7-17(16)24-4/h6-7,13-14H,5,8-12H2,1-4H3. The third-order valence-corrected chi connectivity index (χ3v) is 4.30. The van der Waals surface area contributed by atoms with E-state index in [0.717, 1.165) is 18.5 Å². The Labute approximate surface area is 144 Å². The summed E-state index contributed by atoms with van der Waals surface area (Å²) in [4.78, 5) is 28.9. The third kappa shape index (κ3) is 4.49. The number of carbonyl (C=O) groups excluding carboxylic acids is 2. The van der Waals surface area contributed by atoms with Crippen LogP contribution in [0.4, 0.5) is 0 Å². The Bertz CT molecular complexity index is 598. The number of hydrogen-bond acceptors (Lipinski definition) is 3. The Hall–Kier alpha value is -2.04. The van der Waals surface area contributed by atoms with Crippen LogP contribution in [0.3, 0.4) is 0 Å². The molecule has 0 aliphatic carbocycles. The minimum Gasteiger partial charge on any atom is -0.496 e. The summed E-state index contributed by atoms with van der Waals surface area (Å²) in [6.45, 7) is 8.63. The zero-order chi connectivity index (χ0) is 17.7. The summed E-state index contributed by atoms with van der Waals surface area (Å²) in [7, 11) is 1.58. The van der Waals surface area contributed by atoms with Gasteiger partial charge in [-0.3, -0.25) is 9.59 Å². The third-order valence-electron chi connectivity index (χ3n) is 4.30. The molecule has 132 valence electrons. The molecule has 0 spiro atoms. The maximum Gasteiger partial charge on any atom is 0.257 e. The highest BCUT2D eigenvalue weighted by Gasteiger charge is 2.24. The Kier molecular flexibility index (Phi) is 6.23. The normalized spacial score (nSPS) is 15.4. The van der Waals surface area contributed by atoms with E-state index in [1.165, 1.54) is 0 Å². The molecule has 1 aromatic carbocycles. The molecule has 0 aromatic heterocycles. The minimum atomic E-state index is -0.0197. The van der Waals surface area contributed by atoms with Crippen LogP contribution in [0.25, 0.3) is 0 Å². The smallest absolute Gasteiger partial charge is 0.257 e. The summed E-state index contributed by atoms with van der Waals surface area (Å²) >= 11 is 0. The van der Waals surface area contributed by atoms with Crippen molar-refractivity contribution in [3.8, 4) is 5.75 Å². The fourth-order valence-electron chi connectivity index (χ4n) is 3.01. The highest BCUT2D eigenvalue weighted by Crippen LogP contribution is 2.22. The molecule has 24 heavy (non-hydrogen) atoms. The van der Waals surface area contributed by atoms with E-state index in [2.05, 4.69) is 13.8 Å². The molecule has 0 atom stereocenters. The van der Waals surface area contributed by atoms with E-state index < -0.39 is 0 Å². The first-order valence-electron chi connectivity index (χ1n) is 8.64. The first-order chi connectivity index (χ1) is 11.4. The van der Waals surface area contributed by atoms with Crippen LogP contribution in [0, 0.1) is 12.8 Å². The van der Waals surface area contributed by atoms with E-state index in [4.69, 9.17) is 4.74 Å². The minimum absolute atomic E-state index is 0.0197. The Balaban J connectivity index is 2.07. The molecule has 2 rings (SSSR count). The molecule has 1 aliphatic rings. The van der Waals surface area contributed by atoms with Gasteiger partial charge >= 0.3 is 0 Å². The predicted octanol–water partition coefficient (Wildman–Crippen LogP) is 2.72. The number of aryl methyl sites for hydroxylation is 1. The van der Waals surface area contributed by atoms with Gasteiger partial charge in [-0.05, 0) is 31.4 Å². The van der Waals surface area contributed by atoms with E-state index in [0.29, 0.717) is 43.3 Å². The van der Waals surface area contributed by atoms with Crippen molar-refractivity contribution in [1.82, 2.24) is 9.80 Å². The number of carbonyl (C=O) groups is 2. The molecular formula is C19H28N2O3. The van der Waals surface area contributed by atoms with Crippen LogP contribution in [-0.2, 0) is 4.79 Å². The van der Waals surface area contributed by atoms with Gasteiger partial charge < -0.3 is 14.5 Å². The van der Waals surface area contributed by atoms with Crippen molar-refractivity contribution < 1.29 is 14.3 Å². The van der Waals surface area contributed by atoms with E-state index >= 15 is 0 Å². The van der Waals surface area contributed by atoms with Gasteiger partial charge in [0.1, 0.15) is 5.75 Å². The number of nitrogens with zero attached hydrogens (tertiary/aromatic N) is 2. The molecule has 1 saturated heterocycles. The number of hydrogen-bond donors (Lipinski definition) is 0. The quantitative estimate of drug-likeness (QED) is 0.852. The van der Waals surface area contributed by atoms with Crippen molar-refractivity contribution >= 4 is 11.8 Å². The largest absolute Gasteiger partial charge is 0.496 e. The van der Waals surface area contributed by atoms with Crippen molar-refractivity contribution in [3.63, 3.8) is 0 Å². The number of ether oxygens (including phenoxy) is 1. The van der Waals surface area contributed by atoms with E-state index in [1.807, 2.05) is 34.9 Å². The van der Waals surface area contributed by atoms with Crippen molar-refractivity contribution in [3.05, 3.63) is 29.3 Å². The van der Waals surface area contributed by atoms with Crippen molar-refractivity contribution in [2.24, 2.45) is 5.92 Å². The number of benzene rings is 1. The molecule has 1 fully saturated rings. The van der Waals surface area contributed by atoms with Gasteiger partial charge in [-0.15, -0.1) is 0 Å². The zero-order valence-corrected chi connectivity index (χ0v) is 15.2. The fraction of sp³-hybridized carbons (Fsp3) is 0.579. The molecule has 1 aromatic rings. The van der Waals surface area contributed by atoms with Gasteiger partial charge in [-0.2, -0.15) is 0 Å². The summed E-state index contributed by atoms with van der Waals surface area (Å²) in [5.74, 6) is 1.12. The molecule has 0 saturated carbocycles. The molecular weight excluding hydrogens is 304 g/mol. The first kappa shape index (κ1) is 18.3. The summed E-state index contributed by atoms with van der Waals surface area (Å²) in [5, 5.41) is 0. The first-order valence-corrected chi connectivity index (χ1v) is 8.64. The number of methoxy groups -OCH3 is 1. The number of amides is 2. The molecule has 5 heteroatoms. The van der Waals surface area contributed by atoms with Crippen LogP contribution in [-0.4, -0.2) is 54.9 Å². The van der Waals surface area contributed by atoms with Crippen molar-refractivity contribution in [1.29, 1.82) is 0 Å². The average Bonchev–Trinajstić information content (AvgIpc) is 2.79. The maximum atomic E-state index is 12.9. The molecule has 0 radical (unpaired) electrons. The summed E-state index contributed by atoms with van der Waals surface area (Å²) in [5.41, 5.74) is 1.63. The van der Waals surface area contributed by atoms with Gasteiger partial charge in [0.15, 0.2) is 0 Å². The second-order valence-electron chi connectivity index (χ2n) is 6.83. The lowest BCUT2D eigenvalue weighted by Gasteiger charge is -2.23. The lowest BCUT2D eigenvalue weighted by Crippen LogP contribution is -2.37. The monoisotopic (exact) mass is 332 g/mol. The highest BCUT2D eigenvalue weighted by molar-refractivity contribution is 5.97. The van der Waals surface area contributed by atoms with Crippen molar-refractivity contribution in [2.75, 3.05) is 33.3 Å². The predicted molar refractivity (Wildman–Crippen MR) is 94.3 cm³/mol. The van der Waals surface area contributed by atoms with Gasteiger partial charge in [-0.25, -0.2) is 0 Å². The fourth-order valence-corrected chi connectivity index (χ4v) is 3.01. The Morgan fingerprint density at radius 2 is 1.79 bits per heavy atom. The Morgan fingerprint density at radius 3 is 2.46 bits per heavy atom. The molecule has 5 nitrogen and oxygen atoms in total. The molecule has 1 aliphatic heterocycles. The van der Waals surface area contributed by atoms with Crippen LogP contribution in [0.1, 0.15) is 42.6 Å². The van der Waals surface area contributed by atoms with Crippen LogP contribution in [0.2, 0.25) is 0 Å². The van der Waals surface area contributed by atoms with Gasteiger partial charge in [0.25, 0.3) is 5.91 Å². The summed E-state index contributed by atoms with van der Waals surface area (Å²) < 4.78 is 5.33. The SMILES string of the molecule is COc1ccc(C)cc1C(=O)N1CCCN(C(=O)CC(C)C)CC1. The average molecular weight is 332 g/mol. The van der Waals surface area contributed by atoms with Crippen LogP contribution in [0.5, 0.6) is 5.75 Å². The second kappa shape index (κ2) is 8.18. The highest BCUT2D eigenvalue weighted by atomic mass is 16.5. The number of rotatable bonds is 4. The molecule has 0 bridgehead atoms. The van der Waals surface area contributed by atoms with Gasteiger partial charge in [-0.1, -0.05) is 25.5 Å². The molecule has 1 heterocycles. The van der Waals surface area contributed by atoms with Gasteiger partial charge in [0.05, 0.1) is 12.7 Å². The molecule has 2 amide bonds. The summed E-state index contributed by atoms with van der Waals surface area (Å²) in [6, 6.07) is 5.64. The summed E-state index contributed by atoms with van der Waals surface area (Å²) in [6.07, 6.45) is 1.38. The van der Waals surface area contributed by atoms with E-state index in [1.54, 1.807) is 7.11 Å². The lowest BCUT2D eigenvalue weighted by molar-refractivity contribution is -0.131. The molecule has 0 unspecified atom stereocenters. The maximum absolute atomic E-state index is 12.9. The Morgan fingerprint density at radius 1 is 1.12 bits per heavy atom. The van der Waals surface area contributed by atoms with Crippen molar-refractivity contribution in [2.45, 2.75) is 33.6 Å². The van der Waals surface area contributed by atoms with Crippen LogP contribution >= 0.6 is 0 Å².